The lowest BCUT2D eigenvalue weighted by Gasteiger charge is -2.39. The van der Waals surface area contributed by atoms with Crippen molar-refractivity contribution in [1.82, 2.24) is 0 Å². The second-order valence-corrected chi connectivity index (χ2v) is 22.3. The molecule has 2 aliphatic rings. The van der Waals surface area contributed by atoms with Crippen LogP contribution in [0.4, 0.5) is 0 Å². The van der Waals surface area contributed by atoms with Gasteiger partial charge in [-0.15, -0.1) is 0 Å². The molecule has 70 heavy (non-hydrogen) atoms. The highest BCUT2D eigenvalue weighted by molar-refractivity contribution is 6.78. The molecule has 9 aromatic carbocycles. The first-order valence-electron chi connectivity index (χ1n) is 25.4. The lowest BCUT2D eigenvalue weighted by Crippen LogP contribution is -2.44. The SMILES string of the molecule is CC(C)(C)c1ccc(CC2CCB3c4c(cccc4-c4cc(-c5cccc6oc7ccccc7c56)ccc4C3c3ccc(C(C)(C)C)cc3)-c3cc(-c4cccc5oc6ccccc6c45)ccc32)cc1. The fourth-order valence-corrected chi connectivity index (χ4v) is 12.5. The number of benzene rings is 9. The molecule has 0 radical (unpaired) electrons. The van der Waals surface area contributed by atoms with Crippen molar-refractivity contribution < 1.29 is 8.83 Å². The smallest absolute Gasteiger partial charge is 0.190 e. The van der Waals surface area contributed by atoms with Crippen molar-refractivity contribution in [2.45, 2.75) is 83.3 Å². The molecule has 3 heteroatoms. The molecule has 0 saturated heterocycles. The zero-order chi connectivity index (χ0) is 47.5. The number of rotatable bonds is 5. The van der Waals surface area contributed by atoms with E-state index in [9.17, 15) is 0 Å². The maximum atomic E-state index is 6.47. The van der Waals surface area contributed by atoms with Crippen LogP contribution in [0.2, 0.25) is 6.32 Å². The number of para-hydroxylation sites is 2. The third-order valence-corrected chi connectivity index (χ3v) is 16.0. The van der Waals surface area contributed by atoms with Gasteiger partial charge >= 0.3 is 0 Å². The highest BCUT2D eigenvalue weighted by atomic mass is 16.3. The van der Waals surface area contributed by atoms with E-state index >= 15 is 0 Å². The van der Waals surface area contributed by atoms with E-state index < -0.39 is 0 Å². The fraction of sp³-hybridized carbons (Fsp3) is 0.194. The molecule has 0 saturated carbocycles. The summed E-state index contributed by atoms with van der Waals surface area (Å²) in [5, 5.41) is 4.65. The minimum Gasteiger partial charge on any atom is -0.456 e. The molecule has 0 amide bonds. The average Bonchev–Trinajstić information content (AvgIpc) is 3.95. The van der Waals surface area contributed by atoms with Crippen LogP contribution >= 0.6 is 0 Å². The normalized spacial score (nSPS) is 15.8. The minimum atomic E-state index is 0.0585. The van der Waals surface area contributed by atoms with E-state index in [4.69, 9.17) is 8.83 Å². The Morgan fingerprint density at radius 2 is 0.914 bits per heavy atom. The van der Waals surface area contributed by atoms with Gasteiger partial charge in [-0.2, -0.15) is 0 Å². The van der Waals surface area contributed by atoms with Crippen molar-refractivity contribution in [3.8, 4) is 44.5 Å². The van der Waals surface area contributed by atoms with Gasteiger partial charge in [-0.1, -0.05) is 211 Å². The molecule has 2 atom stereocenters. The highest BCUT2D eigenvalue weighted by Crippen LogP contribution is 2.50. The fourth-order valence-electron chi connectivity index (χ4n) is 12.5. The maximum Gasteiger partial charge on any atom is 0.190 e. The van der Waals surface area contributed by atoms with Crippen molar-refractivity contribution in [3.05, 3.63) is 221 Å². The summed E-state index contributed by atoms with van der Waals surface area (Å²) >= 11 is 0. The Hall–Kier alpha value is -7.36. The average molecular weight is 905 g/mol. The van der Waals surface area contributed by atoms with Crippen molar-refractivity contribution in [2.75, 3.05) is 0 Å². The van der Waals surface area contributed by atoms with Crippen molar-refractivity contribution in [2.24, 2.45) is 0 Å². The summed E-state index contributed by atoms with van der Waals surface area (Å²) in [5.41, 5.74) is 23.9. The van der Waals surface area contributed by atoms with E-state index in [2.05, 4.69) is 230 Å². The van der Waals surface area contributed by atoms with Crippen LogP contribution in [-0.4, -0.2) is 6.71 Å². The molecular weight excluding hydrogens is 848 g/mol. The highest BCUT2D eigenvalue weighted by Gasteiger charge is 2.41. The Kier molecular flexibility index (Phi) is 9.83. The number of furan rings is 2. The second kappa shape index (κ2) is 16.1. The molecule has 4 heterocycles. The summed E-state index contributed by atoms with van der Waals surface area (Å²) < 4.78 is 12.9. The standard InChI is InChI=1S/C67H57BO2/c1-66(2,3)46-30-24-41(25-31-46)38-45-36-37-68-64(42-26-32-47(33-27-42)67(4,5)6)53-35-29-44(50-17-13-23-61-63(50)55-15-8-10-21-59(55)70-61)40-57(53)52-19-11-18-51(65(52)68)56-39-43(28-34-48(45)56)49-16-12-22-60-62(49)54-14-7-9-20-58(54)69-60/h7-35,39-40,45,64H,36-38H2,1-6H3. The zero-order valence-corrected chi connectivity index (χ0v) is 41.1. The van der Waals surface area contributed by atoms with Gasteiger partial charge in [0.1, 0.15) is 22.3 Å². The Morgan fingerprint density at radius 1 is 0.443 bits per heavy atom. The number of fused-ring (bicyclic) bond motifs is 10. The zero-order valence-electron chi connectivity index (χ0n) is 41.1. The lowest BCUT2D eigenvalue weighted by molar-refractivity contribution is 0.589. The van der Waals surface area contributed by atoms with Crippen LogP contribution in [0.3, 0.4) is 0 Å². The monoisotopic (exact) mass is 904 g/mol. The van der Waals surface area contributed by atoms with E-state index in [1.165, 1.54) is 94.1 Å². The number of hydrogen-bond acceptors (Lipinski definition) is 2. The summed E-state index contributed by atoms with van der Waals surface area (Å²) in [4.78, 5) is 0. The molecule has 2 unspecified atom stereocenters. The summed E-state index contributed by atoms with van der Waals surface area (Å²) in [6.07, 6.45) is 3.14. The van der Waals surface area contributed by atoms with Gasteiger partial charge in [-0.3, -0.25) is 0 Å². The van der Waals surface area contributed by atoms with E-state index in [1.807, 2.05) is 0 Å². The van der Waals surface area contributed by atoms with Gasteiger partial charge in [-0.05, 0) is 143 Å². The van der Waals surface area contributed by atoms with Gasteiger partial charge in [0.15, 0.2) is 6.71 Å². The summed E-state index contributed by atoms with van der Waals surface area (Å²) in [6, 6.07) is 71.1. The Bertz CT molecular complexity index is 3830. The largest absolute Gasteiger partial charge is 0.456 e. The third-order valence-electron chi connectivity index (χ3n) is 16.0. The topological polar surface area (TPSA) is 26.3 Å². The van der Waals surface area contributed by atoms with Crippen LogP contribution in [0.15, 0.2) is 197 Å². The van der Waals surface area contributed by atoms with E-state index in [0.29, 0.717) is 5.92 Å². The van der Waals surface area contributed by atoms with Crippen LogP contribution in [0, 0.1) is 0 Å². The van der Waals surface area contributed by atoms with Gasteiger partial charge in [0.05, 0.1) is 0 Å². The second-order valence-electron chi connectivity index (χ2n) is 22.3. The molecular formula is C67H57BO2. The summed E-state index contributed by atoms with van der Waals surface area (Å²) in [6.45, 7) is 14.1. The van der Waals surface area contributed by atoms with Gasteiger partial charge in [0.2, 0.25) is 0 Å². The van der Waals surface area contributed by atoms with Gasteiger partial charge < -0.3 is 8.83 Å². The molecule has 2 aliphatic heterocycles. The number of hydrogen-bond donors (Lipinski definition) is 0. The Balaban J connectivity index is 1.05. The predicted molar refractivity (Wildman–Crippen MR) is 296 cm³/mol. The maximum absolute atomic E-state index is 6.47. The van der Waals surface area contributed by atoms with Crippen LogP contribution in [0.1, 0.15) is 93.1 Å². The van der Waals surface area contributed by atoms with E-state index in [1.54, 1.807) is 0 Å². The first kappa shape index (κ1) is 42.7. The first-order valence-corrected chi connectivity index (χ1v) is 25.4. The van der Waals surface area contributed by atoms with E-state index in [-0.39, 0.29) is 23.4 Å². The van der Waals surface area contributed by atoms with Crippen molar-refractivity contribution in [3.63, 3.8) is 0 Å². The van der Waals surface area contributed by atoms with Crippen molar-refractivity contribution in [1.29, 1.82) is 0 Å². The Morgan fingerprint density at radius 3 is 1.47 bits per heavy atom. The predicted octanol–water partition coefficient (Wildman–Crippen LogP) is 17.9. The molecule has 0 fully saturated rings. The summed E-state index contributed by atoms with van der Waals surface area (Å²) in [7, 11) is 0. The molecule has 2 nitrogen and oxygen atoms in total. The lowest BCUT2D eigenvalue weighted by atomic mass is 9.28. The summed E-state index contributed by atoms with van der Waals surface area (Å²) in [5.74, 6) is 0.490. The molecule has 2 aromatic heterocycles. The Labute approximate surface area is 412 Å². The molecule has 0 spiro atoms. The molecule has 0 bridgehead atoms. The van der Waals surface area contributed by atoms with Crippen molar-refractivity contribution >= 4 is 56.1 Å². The third kappa shape index (κ3) is 6.99. The quantitative estimate of drug-likeness (QED) is 0.161. The van der Waals surface area contributed by atoms with Crippen LogP contribution in [0.25, 0.3) is 88.4 Å². The van der Waals surface area contributed by atoms with E-state index in [0.717, 1.165) is 52.3 Å². The minimum absolute atomic E-state index is 0.0585. The molecule has 340 valence electrons. The van der Waals surface area contributed by atoms with Gasteiger partial charge in [0, 0.05) is 21.5 Å². The first-order chi connectivity index (χ1) is 34.0. The van der Waals surface area contributed by atoms with Gasteiger partial charge in [-0.25, -0.2) is 0 Å². The van der Waals surface area contributed by atoms with Crippen LogP contribution < -0.4 is 5.46 Å². The molecule has 0 N–H and O–H groups in total. The molecule has 13 rings (SSSR count). The van der Waals surface area contributed by atoms with Crippen LogP contribution in [0.5, 0.6) is 0 Å². The molecule has 11 aromatic rings. The van der Waals surface area contributed by atoms with Crippen LogP contribution in [-0.2, 0) is 17.3 Å². The molecule has 0 aliphatic carbocycles. The van der Waals surface area contributed by atoms with Gasteiger partial charge in [0.25, 0.3) is 0 Å².